The standard InChI is InChI=1S/C16H33N3O/c1-13(2)5-8-17-16(20)12-19-9-6-15(7-10-19)11-18-14(3)4/h13-15,18H,5-12H2,1-4H3,(H,17,20). The summed E-state index contributed by atoms with van der Waals surface area (Å²) in [6, 6.07) is 0.569. The van der Waals surface area contributed by atoms with Gasteiger partial charge in [-0.25, -0.2) is 0 Å². The fraction of sp³-hybridized carbons (Fsp3) is 0.938. The molecule has 0 aliphatic carbocycles. The first-order valence-corrected chi connectivity index (χ1v) is 8.19. The molecule has 2 N–H and O–H groups in total. The number of hydrogen-bond donors (Lipinski definition) is 2. The minimum absolute atomic E-state index is 0.185. The van der Waals surface area contributed by atoms with Crippen LogP contribution in [0.1, 0.15) is 47.0 Å². The molecule has 0 atom stereocenters. The van der Waals surface area contributed by atoms with Crippen LogP contribution in [0.2, 0.25) is 0 Å². The molecule has 0 radical (unpaired) electrons. The van der Waals surface area contributed by atoms with Crippen LogP contribution in [-0.4, -0.2) is 49.6 Å². The molecule has 4 heteroatoms. The van der Waals surface area contributed by atoms with Gasteiger partial charge in [-0.2, -0.15) is 0 Å². The zero-order valence-electron chi connectivity index (χ0n) is 13.7. The normalized spacial score (nSPS) is 17.9. The fourth-order valence-corrected chi connectivity index (χ4v) is 2.51. The summed E-state index contributed by atoms with van der Waals surface area (Å²) in [5, 5.41) is 6.53. The summed E-state index contributed by atoms with van der Waals surface area (Å²) in [5.74, 6) is 1.61. The number of rotatable bonds is 8. The molecule has 20 heavy (non-hydrogen) atoms. The number of nitrogens with zero attached hydrogens (tertiary/aromatic N) is 1. The van der Waals surface area contributed by atoms with E-state index >= 15 is 0 Å². The van der Waals surface area contributed by atoms with Crippen molar-refractivity contribution in [2.45, 2.75) is 53.0 Å². The van der Waals surface area contributed by atoms with Gasteiger partial charge in [0.2, 0.25) is 5.91 Å². The van der Waals surface area contributed by atoms with Gasteiger partial charge in [-0.3, -0.25) is 9.69 Å². The van der Waals surface area contributed by atoms with Crippen molar-refractivity contribution in [3.05, 3.63) is 0 Å². The van der Waals surface area contributed by atoms with Crippen LogP contribution in [0.15, 0.2) is 0 Å². The van der Waals surface area contributed by atoms with E-state index in [9.17, 15) is 4.79 Å². The van der Waals surface area contributed by atoms with Crippen LogP contribution >= 0.6 is 0 Å². The number of likely N-dealkylation sites (tertiary alicyclic amines) is 1. The maximum Gasteiger partial charge on any atom is 0.234 e. The molecular weight excluding hydrogens is 250 g/mol. The van der Waals surface area contributed by atoms with Crippen LogP contribution in [0.25, 0.3) is 0 Å². The van der Waals surface area contributed by atoms with E-state index in [2.05, 4.69) is 43.2 Å². The Balaban J connectivity index is 2.10. The van der Waals surface area contributed by atoms with Crippen molar-refractivity contribution in [1.82, 2.24) is 15.5 Å². The van der Waals surface area contributed by atoms with Gasteiger partial charge < -0.3 is 10.6 Å². The average molecular weight is 283 g/mol. The second-order valence-corrected chi connectivity index (χ2v) is 6.81. The molecule has 1 aliphatic rings. The highest BCUT2D eigenvalue weighted by Gasteiger charge is 2.20. The molecule has 0 aromatic heterocycles. The lowest BCUT2D eigenvalue weighted by atomic mass is 9.96. The van der Waals surface area contributed by atoms with Gasteiger partial charge in [-0.1, -0.05) is 27.7 Å². The second-order valence-electron chi connectivity index (χ2n) is 6.81. The van der Waals surface area contributed by atoms with E-state index in [1.807, 2.05) is 0 Å². The van der Waals surface area contributed by atoms with Crippen LogP contribution in [0, 0.1) is 11.8 Å². The lowest BCUT2D eigenvalue weighted by molar-refractivity contribution is -0.122. The minimum atomic E-state index is 0.185. The van der Waals surface area contributed by atoms with Crippen molar-refractivity contribution >= 4 is 5.91 Å². The molecular formula is C16H33N3O. The number of piperidine rings is 1. The molecule has 0 aromatic carbocycles. The minimum Gasteiger partial charge on any atom is -0.355 e. The molecule has 0 spiro atoms. The molecule has 1 heterocycles. The summed E-state index contributed by atoms with van der Waals surface area (Å²) in [6.45, 7) is 13.4. The van der Waals surface area contributed by atoms with Gasteiger partial charge in [0, 0.05) is 12.6 Å². The molecule has 118 valence electrons. The number of carbonyl (C=O) groups is 1. The average Bonchev–Trinajstić information content (AvgIpc) is 2.37. The van der Waals surface area contributed by atoms with Gasteiger partial charge in [0.05, 0.1) is 6.54 Å². The first-order valence-electron chi connectivity index (χ1n) is 8.19. The van der Waals surface area contributed by atoms with Gasteiger partial charge in [0.1, 0.15) is 0 Å². The molecule has 1 rings (SSSR count). The summed E-state index contributed by atoms with van der Waals surface area (Å²) in [6.07, 6.45) is 3.48. The highest BCUT2D eigenvalue weighted by Crippen LogP contribution is 2.16. The zero-order chi connectivity index (χ0) is 15.0. The first-order chi connectivity index (χ1) is 9.47. The Morgan fingerprint density at radius 1 is 1.20 bits per heavy atom. The fourth-order valence-electron chi connectivity index (χ4n) is 2.51. The summed E-state index contributed by atoms with van der Waals surface area (Å²) in [4.78, 5) is 14.1. The number of nitrogens with one attached hydrogen (secondary N) is 2. The van der Waals surface area contributed by atoms with Crippen LogP contribution in [0.5, 0.6) is 0 Å². The lowest BCUT2D eigenvalue weighted by Gasteiger charge is -2.32. The maximum atomic E-state index is 11.8. The highest BCUT2D eigenvalue weighted by atomic mass is 16.2. The summed E-state index contributed by atoms with van der Waals surface area (Å²) >= 11 is 0. The Bertz CT molecular complexity index is 271. The predicted molar refractivity (Wildman–Crippen MR) is 84.8 cm³/mol. The van der Waals surface area contributed by atoms with Crippen molar-refractivity contribution in [3.8, 4) is 0 Å². The lowest BCUT2D eigenvalue weighted by Crippen LogP contribution is -2.43. The maximum absolute atomic E-state index is 11.8. The van der Waals surface area contributed by atoms with Gasteiger partial charge in [0.25, 0.3) is 0 Å². The topological polar surface area (TPSA) is 44.4 Å². The number of hydrogen-bond acceptors (Lipinski definition) is 3. The number of carbonyl (C=O) groups excluding carboxylic acids is 1. The van der Waals surface area contributed by atoms with E-state index in [0.717, 1.165) is 38.5 Å². The van der Waals surface area contributed by atoms with Crippen LogP contribution in [0.3, 0.4) is 0 Å². The van der Waals surface area contributed by atoms with Crippen LogP contribution in [0.4, 0.5) is 0 Å². The van der Waals surface area contributed by atoms with E-state index in [-0.39, 0.29) is 5.91 Å². The third kappa shape index (κ3) is 7.85. The molecule has 0 bridgehead atoms. The Morgan fingerprint density at radius 2 is 1.85 bits per heavy atom. The first kappa shape index (κ1) is 17.4. The molecule has 0 saturated carbocycles. The van der Waals surface area contributed by atoms with E-state index in [1.54, 1.807) is 0 Å². The molecule has 4 nitrogen and oxygen atoms in total. The molecule has 1 saturated heterocycles. The van der Waals surface area contributed by atoms with E-state index in [0.29, 0.717) is 18.5 Å². The summed E-state index contributed by atoms with van der Waals surface area (Å²) in [7, 11) is 0. The van der Waals surface area contributed by atoms with Crippen molar-refractivity contribution in [2.75, 3.05) is 32.7 Å². The van der Waals surface area contributed by atoms with Gasteiger partial charge in [-0.05, 0) is 50.7 Å². The Morgan fingerprint density at radius 3 is 2.40 bits per heavy atom. The molecule has 1 aliphatic heterocycles. The highest BCUT2D eigenvalue weighted by molar-refractivity contribution is 5.77. The Hall–Kier alpha value is -0.610. The molecule has 1 fully saturated rings. The molecule has 1 amide bonds. The third-order valence-corrected chi connectivity index (χ3v) is 3.93. The van der Waals surface area contributed by atoms with Crippen LogP contribution < -0.4 is 10.6 Å². The van der Waals surface area contributed by atoms with Crippen molar-refractivity contribution in [1.29, 1.82) is 0 Å². The monoisotopic (exact) mass is 283 g/mol. The Labute approximate surface area is 124 Å². The predicted octanol–water partition coefficient (Wildman–Crippen LogP) is 1.86. The van der Waals surface area contributed by atoms with Gasteiger partial charge >= 0.3 is 0 Å². The number of amides is 1. The van der Waals surface area contributed by atoms with Gasteiger partial charge in [-0.15, -0.1) is 0 Å². The smallest absolute Gasteiger partial charge is 0.234 e. The van der Waals surface area contributed by atoms with E-state index in [1.165, 1.54) is 12.8 Å². The van der Waals surface area contributed by atoms with Crippen molar-refractivity contribution < 1.29 is 4.79 Å². The van der Waals surface area contributed by atoms with E-state index in [4.69, 9.17) is 0 Å². The van der Waals surface area contributed by atoms with Crippen molar-refractivity contribution in [3.63, 3.8) is 0 Å². The molecule has 0 unspecified atom stereocenters. The Kier molecular flexibility index (Phi) is 8.15. The van der Waals surface area contributed by atoms with Crippen LogP contribution in [-0.2, 0) is 4.79 Å². The van der Waals surface area contributed by atoms with E-state index < -0.39 is 0 Å². The SMILES string of the molecule is CC(C)CCNC(=O)CN1CCC(CNC(C)C)CC1. The third-order valence-electron chi connectivity index (χ3n) is 3.93. The summed E-state index contributed by atoms with van der Waals surface area (Å²) in [5.41, 5.74) is 0. The molecule has 0 aromatic rings. The van der Waals surface area contributed by atoms with Crippen molar-refractivity contribution in [2.24, 2.45) is 11.8 Å². The van der Waals surface area contributed by atoms with Gasteiger partial charge in [0.15, 0.2) is 0 Å². The largest absolute Gasteiger partial charge is 0.355 e. The zero-order valence-corrected chi connectivity index (χ0v) is 13.7. The second kappa shape index (κ2) is 9.35. The quantitative estimate of drug-likeness (QED) is 0.714. The summed E-state index contributed by atoms with van der Waals surface area (Å²) < 4.78 is 0.